The predicted octanol–water partition coefficient (Wildman–Crippen LogP) is 2.54. The second kappa shape index (κ2) is 5.09. The number of aromatic nitrogens is 4. The number of sulfone groups is 1. The topological polar surface area (TPSA) is 77.7 Å². The molecule has 0 N–H and O–H groups in total. The van der Waals surface area contributed by atoms with Crippen LogP contribution in [-0.2, 0) is 9.84 Å². The normalized spacial score (nSPS) is 33.7. The van der Waals surface area contributed by atoms with Crippen LogP contribution < -0.4 is 0 Å². The minimum atomic E-state index is -3.63. The fourth-order valence-corrected chi connectivity index (χ4v) is 7.63. The summed E-state index contributed by atoms with van der Waals surface area (Å²) in [5.41, 5.74) is 0.487. The number of tetrazole rings is 1. The molecule has 4 bridgehead atoms. The Balaban J connectivity index is 1.51. The Hall–Kier alpha value is -1.83. The molecule has 0 radical (unpaired) electrons. The molecule has 0 amide bonds. The monoisotopic (exact) mass is 362 g/mol. The van der Waals surface area contributed by atoms with Gasteiger partial charge >= 0.3 is 0 Å². The minimum absolute atomic E-state index is 0.196. The van der Waals surface area contributed by atoms with Gasteiger partial charge in [0.1, 0.15) is 5.82 Å². The summed E-state index contributed by atoms with van der Waals surface area (Å²) < 4.78 is 39.0. The van der Waals surface area contributed by atoms with Crippen molar-refractivity contribution in [1.82, 2.24) is 20.2 Å². The van der Waals surface area contributed by atoms with E-state index in [9.17, 15) is 12.8 Å². The zero-order chi connectivity index (χ0) is 17.2. The number of rotatable bonds is 3. The Kier molecular flexibility index (Phi) is 3.14. The van der Waals surface area contributed by atoms with Gasteiger partial charge in [0.25, 0.3) is 5.16 Å². The summed E-state index contributed by atoms with van der Waals surface area (Å²) in [6.07, 6.45) is 5.70. The van der Waals surface area contributed by atoms with Gasteiger partial charge in [-0.15, -0.1) is 9.90 Å². The second-order valence-corrected chi connectivity index (χ2v) is 10.2. The average Bonchev–Trinajstić information content (AvgIpc) is 3.05. The molecule has 0 saturated heterocycles. The Morgan fingerprint density at radius 3 is 2.12 bits per heavy atom. The highest BCUT2D eigenvalue weighted by Gasteiger charge is 2.58. The van der Waals surface area contributed by atoms with Crippen molar-refractivity contribution in [2.45, 2.75) is 48.4 Å². The van der Waals surface area contributed by atoms with E-state index < -0.39 is 14.6 Å². The first-order chi connectivity index (χ1) is 12.0. The van der Waals surface area contributed by atoms with Crippen LogP contribution >= 0.6 is 0 Å². The summed E-state index contributed by atoms with van der Waals surface area (Å²) in [7, 11) is -3.63. The lowest BCUT2D eigenvalue weighted by Crippen LogP contribution is -2.54. The molecule has 132 valence electrons. The van der Waals surface area contributed by atoms with Crippen LogP contribution in [-0.4, -0.2) is 33.4 Å². The molecule has 1 heterocycles. The van der Waals surface area contributed by atoms with Crippen LogP contribution in [0.15, 0.2) is 29.4 Å². The van der Waals surface area contributed by atoms with Crippen LogP contribution in [0.5, 0.6) is 0 Å². The first kappa shape index (κ1) is 15.4. The van der Waals surface area contributed by atoms with Gasteiger partial charge < -0.3 is 0 Å². The summed E-state index contributed by atoms with van der Waals surface area (Å²) in [4.78, 5) is 1.16. The molecule has 6 nitrogen and oxygen atoms in total. The van der Waals surface area contributed by atoms with E-state index in [2.05, 4.69) is 15.4 Å². The first-order valence-corrected chi connectivity index (χ1v) is 10.2. The molecule has 4 saturated carbocycles. The van der Waals surface area contributed by atoms with Crippen molar-refractivity contribution >= 4 is 9.84 Å². The molecule has 4 aliphatic carbocycles. The van der Waals surface area contributed by atoms with Gasteiger partial charge in [-0.3, -0.25) is 0 Å². The lowest BCUT2D eigenvalue weighted by atomic mass is 9.56. The van der Waals surface area contributed by atoms with E-state index in [0.717, 1.165) is 24.1 Å². The van der Waals surface area contributed by atoms with Crippen LogP contribution in [0.25, 0.3) is 5.69 Å². The van der Waals surface area contributed by atoms with Crippen molar-refractivity contribution in [3.63, 3.8) is 0 Å². The van der Waals surface area contributed by atoms with Crippen LogP contribution in [0.1, 0.15) is 38.5 Å². The summed E-state index contributed by atoms with van der Waals surface area (Å²) in [6, 6.07) is 5.56. The molecule has 25 heavy (non-hydrogen) atoms. The van der Waals surface area contributed by atoms with Gasteiger partial charge in [0.05, 0.1) is 10.4 Å². The zero-order valence-corrected chi connectivity index (χ0v) is 14.5. The van der Waals surface area contributed by atoms with Gasteiger partial charge in [-0.1, -0.05) is 5.10 Å². The summed E-state index contributed by atoms with van der Waals surface area (Å²) in [5.74, 6) is 1.19. The van der Waals surface area contributed by atoms with Gasteiger partial charge in [-0.05, 0) is 85.8 Å². The first-order valence-electron chi connectivity index (χ1n) is 8.76. The fourth-order valence-electron chi connectivity index (χ4n) is 5.55. The van der Waals surface area contributed by atoms with E-state index in [4.69, 9.17) is 0 Å². The maximum Gasteiger partial charge on any atom is 0.289 e. The molecule has 4 aliphatic rings. The SMILES string of the molecule is O=S(=O)(c1nnn(-c2ccc(F)cc2)n1)C12CC3CC(CC(C3)C1)C2. The third-order valence-corrected chi connectivity index (χ3v) is 8.53. The van der Waals surface area contributed by atoms with Crippen molar-refractivity contribution in [1.29, 1.82) is 0 Å². The van der Waals surface area contributed by atoms with E-state index >= 15 is 0 Å². The number of hydrogen-bond donors (Lipinski definition) is 0. The standard InChI is InChI=1S/C17H19FN4O2S/c18-14-1-3-15(4-2-14)22-20-16(19-21-22)25(23,24)17-8-11-5-12(9-17)7-13(6-11)10-17/h1-4,11-13H,5-10H2. The fraction of sp³-hybridized carbons (Fsp3) is 0.588. The van der Waals surface area contributed by atoms with E-state index in [1.165, 1.54) is 43.5 Å². The van der Waals surface area contributed by atoms with Gasteiger partial charge in [-0.2, -0.15) is 0 Å². The highest BCUT2D eigenvalue weighted by molar-refractivity contribution is 7.92. The molecule has 0 aliphatic heterocycles. The quantitative estimate of drug-likeness (QED) is 0.838. The molecule has 2 aromatic rings. The third kappa shape index (κ3) is 2.26. The molecular formula is C17H19FN4O2S. The highest BCUT2D eigenvalue weighted by Crippen LogP contribution is 2.59. The van der Waals surface area contributed by atoms with Crippen molar-refractivity contribution in [2.24, 2.45) is 17.8 Å². The van der Waals surface area contributed by atoms with Crippen LogP contribution in [0.3, 0.4) is 0 Å². The summed E-state index contributed by atoms with van der Waals surface area (Å²) in [5, 5.41) is 11.7. The second-order valence-electron chi connectivity index (χ2n) is 7.94. The number of hydrogen-bond acceptors (Lipinski definition) is 5. The Morgan fingerprint density at radius 2 is 1.56 bits per heavy atom. The zero-order valence-electron chi connectivity index (χ0n) is 13.7. The van der Waals surface area contributed by atoms with Gasteiger partial charge in [-0.25, -0.2) is 12.8 Å². The molecule has 0 spiro atoms. The van der Waals surface area contributed by atoms with E-state index in [-0.39, 0.29) is 11.0 Å². The third-order valence-electron chi connectivity index (χ3n) is 6.25. The number of benzene rings is 1. The van der Waals surface area contributed by atoms with Crippen LogP contribution in [0.4, 0.5) is 4.39 Å². The Morgan fingerprint density at radius 1 is 1.00 bits per heavy atom. The summed E-state index contributed by atoms with van der Waals surface area (Å²) in [6.45, 7) is 0. The largest absolute Gasteiger partial charge is 0.289 e. The maximum absolute atomic E-state index is 13.3. The van der Waals surface area contributed by atoms with Crippen LogP contribution in [0.2, 0.25) is 0 Å². The molecule has 0 unspecified atom stereocenters. The average molecular weight is 362 g/mol. The van der Waals surface area contributed by atoms with Crippen molar-refractivity contribution in [3.05, 3.63) is 30.1 Å². The molecular weight excluding hydrogens is 343 g/mol. The number of nitrogens with zero attached hydrogens (tertiary/aromatic N) is 4. The van der Waals surface area contributed by atoms with Gasteiger partial charge in [0, 0.05) is 0 Å². The lowest BCUT2D eigenvalue weighted by Gasteiger charge is -2.55. The molecule has 8 heteroatoms. The summed E-state index contributed by atoms with van der Waals surface area (Å²) >= 11 is 0. The van der Waals surface area contributed by atoms with Gasteiger partial charge in [0.2, 0.25) is 9.84 Å². The van der Waals surface area contributed by atoms with Crippen molar-refractivity contribution in [2.75, 3.05) is 0 Å². The Bertz CT molecular complexity index is 887. The predicted molar refractivity (Wildman–Crippen MR) is 87.2 cm³/mol. The molecule has 1 aromatic heterocycles. The van der Waals surface area contributed by atoms with Crippen molar-refractivity contribution < 1.29 is 12.8 Å². The molecule has 0 atom stereocenters. The van der Waals surface area contributed by atoms with E-state index in [1.54, 1.807) is 0 Å². The maximum atomic E-state index is 13.3. The molecule has 6 rings (SSSR count). The Labute approximate surface area is 145 Å². The molecule has 1 aromatic carbocycles. The number of halogens is 1. The van der Waals surface area contributed by atoms with Gasteiger partial charge in [0.15, 0.2) is 0 Å². The smallest absolute Gasteiger partial charge is 0.220 e. The minimum Gasteiger partial charge on any atom is -0.220 e. The lowest BCUT2D eigenvalue weighted by molar-refractivity contribution is 0.0336. The molecule has 4 fully saturated rings. The van der Waals surface area contributed by atoms with E-state index in [1.807, 2.05) is 0 Å². The highest BCUT2D eigenvalue weighted by atomic mass is 32.2. The van der Waals surface area contributed by atoms with Crippen molar-refractivity contribution in [3.8, 4) is 5.69 Å². The van der Waals surface area contributed by atoms with E-state index in [0.29, 0.717) is 23.4 Å². The van der Waals surface area contributed by atoms with Crippen LogP contribution in [0, 0.1) is 23.6 Å².